The maximum absolute atomic E-state index is 12.4. The summed E-state index contributed by atoms with van der Waals surface area (Å²) in [6.07, 6.45) is 1.34. The van der Waals surface area contributed by atoms with Gasteiger partial charge in [0.05, 0.1) is 7.11 Å². The topological polar surface area (TPSA) is 71.3 Å². The molecule has 5 nitrogen and oxygen atoms in total. The molecule has 0 bridgehead atoms. The Morgan fingerprint density at radius 2 is 1.96 bits per heavy atom. The zero-order valence-corrected chi connectivity index (χ0v) is 15.0. The van der Waals surface area contributed by atoms with E-state index >= 15 is 0 Å². The lowest BCUT2D eigenvalue weighted by Crippen LogP contribution is -2.14. The van der Waals surface area contributed by atoms with E-state index in [0.29, 0.717) is 11.3 Å². The summed E-state index contributed by atoms with van der Waals surface area (Å²) < 4.78 is 34.1. The fourth-order valence-corrected chi connectivity index (χ4v) is 2.36. The highest BCUT2D eigenvalue weighted by molar-refractivity contribution is 6.10. The summed E-state index contributed by atoms with van der Waals surface area (Å²) in [7, 11) is 1.31. The van der Waals surface area contributed by atoms with E-state index in [1.54, 1.807) is 12.1 Å². The van der Waals surface area contributed by atoms with Gasteiger partial charge in [0.25, 0.3) is 5.91 Å². The fraction of sp³-hybridized carbons (Fsp3) is 0.200. The van der Waals surface area contributed by atoms with E-state index in [1.807, 2.05) is 26.0 Å². The summed E-state index contributed by atoms with van der Waals surface area (Å²) in [5.41, 5.74) is 2.81. The highest BCUT2D eigenvalue weighted by Gasteiger charge is 2.14. The number of carbonyl (C=O) groups is 1. The van der Waals surface area contributed by atoms with Crippen LogP contribution in [0.3, 0.4) is 0 Å². The minimum absolute atomic E-state index is 0.0660. The second-order valence-electron chi connectivity index (χ2n) is 5.66. The van der Waals surface area contributed by atoms with Crippen molar-refractivity contribution in [2.45, 2.75) is 20.5 Å². The van der Waals surface area contributed by atoms with Crippen molar-refractivity contribution in [1.29, 1.82) is 5.26 Å². The Kier molecular flexibility index (Phi) is 6.50. The van der Waals surface area contributed by atoms with E-state index in [-0.39, 0.29) is 17.1 Å². The van der Waals surface area contributed by atoms with Gasteiger partial charge in [-0.1, -0.05) is 18.2 Å². The monoisotopic (exact) mass is 372 g/mol. The van der Waals surface area contributed by atoms with Crippen molar-refractivity contribution in [3.8, 4) is 17.6 Å². The summed E-state index contributed by atoms with van der Waals surface area (Å²) in [6.45, 7) is 0.799. The number of benzene rings is 2. The zero-order chi connectivity index (χ0) is 20.0. The lowest BCUT2D eigenvalue weighted by atomic mass is 10.1. The number of aryl methyl sites for hydroxylation is 1. The smallest absolute Gasteiger partial charge is 0.387 e. The van der Waals surface area contributed by atoms with Crippen molar-refractivity contribution >= 4 is 17.7 Å². The summed E-state index contributed by atoms with van der Waals surface area (Å²) >= 11 is 0. The molecule has 0 saturated carbocycles. The third-order valence-corrected chi connectivity index (χ3v) is 3.93. The summed E-state index contributed by atoms with van der Waals surface area (Å²) in [6, 6.07) is 11.5. The van der Waals surface area contributed by atoms with Crippen molar-refractivity contribution in [2.24, 2.45) is 0 Å². The van der Waals surface area contributed by atoms with Crippen LogP contribution in [0.5, 0.6) is 11.5 Å². The van der Waals surface area contributed by atoms with Gasteiger partial charge >= 0.3 is 6.61 Å². The Bertz CT molecular complexity index is 918. The van der Waals surface area contributed by atoms with Crippen LogP contribution in [0.1, 0.15) is 16.7 Å². The number of hydrogen-bond donors (Lipinski definition) is 1. The second kappa shape index (κ2) is 8.81. The maximum Gasteiger partial charge on any atom is 0.387 e. The molecule has 0 unspecified atom stereocenters. The SMILES string of the molecule is COc1cc(C=C(C#N)C(=O)Nc2cccc(C)c2C)ccc1OC(F)F. The molecule has 0 radical (unpaired) electrons. The minimum Gasteiger partial charge on any atom is -0.493 e. The number of carbonyl (C=O) groups excluding carboxylic acids is 1. The molecule has 1 amide bonds. The number of amides is 1. The molecule has 0 aliphatic carbocycles. The Morgan fingerprint density at radius 1 is 1.22 bits per heavy atom. The van der Waals surface area contributed by atoms with Crippen LogP contribution in [-0.4, -0.2) is 19.6 Å². The predicted molar refractivity (Wildman–Crippen MR) is 97.8 cm³/mol. The average Bonchev–Trinajstić information content (AvgIpc) is 2.63. The Balaban J connectivity index is 2.28. The summed E-state index contributed by atoms with van der Waals surface area (Å²) in [5, 5.41) is 12.0. The quantitative estimate of drug-likeness (QED) is 0.600. The molecule has 0 aliphatic heterocycles. The number of ether oxygens (including phenoxy) is 2. The molecule has 7 heteroatoms. The number of rotatable bonds is 6. The Hall–Kier alpha value is -3.40. The van der Waals surface area contributed by atoms with Gasteiger partial charge in [0.1, 0.15) is 11.6 Å². The number of nitrogens with one attached hydrogen (secondary N) is 1. The normalized spacial score (nSPS) is 11.1. The third-order valence-electron chi connectivity index (χ3n) is 3.93. The average molecular weight is 372 g/mol. The van der Waals surface area contributed by atoms with Gasteiger partial charge in [-0.05, 0) is 54.8 Å². The third kappa shape index (κ3) is 5.05. The van der Waals surface area contributed by atoms with Gasteiger partial charge in [-0.2, -0.15) is 14.0 Å². The van der Waals surface area contributed by atoms with Crippen LogP contribution in [0.15, 0.2) is 42.0 Å². The van der Waals surface area contributed by atoms with Crippen LogP contribution in [0.4, 0.5) is 14.5 Å². The molecule has 1 N–H and O–H groups in total. The summed E-state index contributed by atoms with van der Waals surface area (Å²) in [4.78, 5) is 12.4. The van der Waals surface area contributed by atoms with Crippen LogP contribution < -0.4 is 14.8 Å². The van der Waals surface area contributed by atoms with Crippen LogP contribution in [0.25, 0.3) is 6.08 Å². The number of nitrogens with zero attached hydrogens (tertiary/aromatic N) is 1. The van der Waals surface area contributed by atoms with Crippen molar-refractivity contribution in [1.82, 2.24) is 0 Å². The number of halogens is 2. The van der Waals surface area contributed by atoms with Crippen LogP contribution >= 0.6 is 0 Å². The van der Waals surface area contributed by atoms with Gasteiger partial charge in [-0.25, -0.2) is 0 Å². The van der Waals surface area contributed by atoms with Crippen molar-refractivity contribution in [3.63, 3.8) is 0 Å². The van der Waals surface area contributed by atoms with Gasteiger partial charge in [0.2, 0.25) is 0 Å². The van der Waals surface area contributed by atoms with E-state index in [1.165, 1.54) is 31.4 Å². The standard InChI is InChI=1S/C20H18F2N2O3/c1-12-5-4-6-16(13(12)2)24-19(25)15(11-23)9-14-7-8-17(27-20(21)22)18(10-14)26-3/h4-10,20H,1-3H3,(H,24,25). The molecular weight excluding hydrogens is 354 g/mol. The molecule has 2 aromatic carbocycles. The Labute approximate surface area is 155 Å². The molecule has 0 heterocycles. The number of nitriles is 1. The fourth-order valence-electron chi connectivity index (χ4n) is 2.36. The second-order valence-corrected chi connectivity index (χ2v) is 5.66. The summed E-state index contributed by atoms with van der Waals surface area (Å²) in [5.74, 6) is -0.641. The molecule has 0 atom stereocenters. The minimum atomic E-state index is -2.99. The largest absolute Gasteiger partial charge is 0.493 e. The first-order valence-electron chi connectivity index (χ1n) is 7.98. The molecule has 0 spiro atoms. The van der Waals surface area contributed by atoms with E-state index in [4.69, 9.17) is 4.74 Å². The van der Waals surface area contributed by atoms with Crippen molar-refractivity contribution in [3.05, 3.63) is 58.7 Å². The van der Waals surface area contributed by atoms with Gasteiger partial charge in [-0.15, -0.1) is 0 Å². The number of methoxy groups -OCH3 is 1. The predicted octanol–water partition coefficient (Wildman–Crippen LogP) is 4.46. The first-order valence-corrected chi connectivity index (χ1v) is 7.98. The van der Waals surface area contributed by atoms with Gasteiger partial charge in [0, 0.05) is 5.69 Å². The van der Waals surface area contributed by atoms with Crippen molar-refractivity contribution < 1.29 is 23.0 Å². The van der Waals surface area contributed by atoms with Gasteiger partial charge in [0.15, 0.2) is 11.5 Å². The molecule has 0 aliphatic rings. The first kappa shape index (κ1) is 19.9. The van der Waals surface area contributed by atoms with Gasteiger partial charge in [-0.3, -0.25) is 4.79 Å². The lowest BCUT2D eigenvalue weighted by molar-refractivity contribution is -0.112. The van der Waals surface area contributed by atoms with E-state index in [2.05, 4.69) is 10.1 Å². The van der Waals surface area contributed by atoms with Gasteiger partial charge < -0.3 is 14.8 Å². The molecule has 2 rings (SSSR count). The maximum atomic E-state index is 12.4. The highest BCUT2D eigenvalue weighted by Crippen LogP contribution is 2.30. The molecule has 0 saturated heterocycles. The Morgan fingerprint density at radius 3 is 2.59 bits per heavy atom. The van der Waals surface area contributed by atoms with Crippen LogP contribution in [0, 0.1) is 25.2 Å². The number of anilines is 1. The zero-order valence-electron chi connectivity index (χ0n) is 15.0. The van der Waals surface area contributed by atoms with Crippen LogP contribution in [0.2, 0.25) is 0 Å². The molecule has 2 aromatic rings. The highest BCUT2D eigenvalue weighted by atomic mass is 19.3. The number of hydrogen-bond acceptors (Lipinski definition) is 4. The molecule has 0 fully saturated rings. The lowest BCUT2D eigenvalue weighted by Gasteiger charge is -2.11. The molecule has 140 valence electrons. The van der Waals surface area contributed by atoms with Crippen LogP contribution in [-0.2, 0) is 4.79 Å². The molecule has 0 aromatic heterocycles. The molecule has 27 heavy (non-hydrogen) atoms. The van der Waals surface area contributed by atoms with E-state index in [9.17, 15) is 18.8 Å². The van der Waals surface area contributed by atoms with E-state index in [0.717, 1.165) is 11.1 Å². The number of alkyl halides is 2. The molecular formula is C20H18F2N2O3. The van der Waals surface area contributed by atoms with Crippen molar-refractivity contribution in [2.75, 3.05) is 12.4 Å². The first-order chi connectivity index (χ1) is 12.8. The van der Waals surface area contributed by atoms with E-state index < -0.39 is 12.5 Å².